The number of benzene rings is 1. The second-order valence-corrected chi connectivity index (χ2v) is 8.18. The third-order valence-corrected chi connectivity index (χ3v) is 5.79. The van der Waals surface area contributed by atoms with E-state index in [0.29, 0.717) is 46.1 Å². The molecule has 0 saturated heterocycles. The van der Waals surface area contributed by atoms with E-state index in [-0.39, 0.29) is 30.4 Å². The van der Waals surface area contributed by atoms with Crippen LogP contribution in [0, 0.1) is 0 Å². The maximum Gasteiger partial charge on any atom is 0.356 e. The highest BCUT2D eigenvalue weighted by Gasteiger charge is 2.27. The maximum absolute atomic E-state index is 13.1. The number of anilines is 2. The van der Waals surface area contributed by atoms with Gasteiger partial charge in [0.1, 0.15) is 29.5 Å². The average Bonchev–Trinajstić information content (AvgIpc) is 3.68. The molecular formula is C27H24N4O6. The third kappa shape index (κ3) is 4.95. The van der Waals surface area contributed by atoms with Gasteiger partial charge in [-0.15, -0.1) is 0 Å². The maximum atomic E-state index is 13.1. The van der Waals surface area contributed by atoms with Crippen molar-refractivity contribution in [2.24, 2.45) is 0 Å². The van der Waals surface area contributed by atoms with Crippen molar-refractivity contribution in [3.05, 3.63) is 102 Å². The van der Waals surface area contributed by atoms with E-state index in [1.165, 1.54) is 7.11 Å². The lowest BCUT2D eigenvalue weighted by Crippen LogP contribution is -2.17. The lowest BCUT2D eigenvalue weighted by atomic mass is 10.2. The summed E-state index contributed by atoms with van der Waals surface area (Å²) >= 11 is 0. The molecule has 0 aliphatic heterocycles. The van der Waals surface area contributed by atoms with Gasteiger partial charge in [0.05, 0.1) is 44.0 Å². The van der Waals surface area contributed by atoms with Crippen molar-refractivity contribution >= 4 is 34.3 Å². The highest BCUT2D eigenvalue weighted by molar-refractivity contribution is 6.14. The number of aliphatic hydroxyl groups is 1. The Kier molecular flexibility index (Phi) is 6.73. The molecule has 188 valence electrons. The van der Waals surface area contributed by atoms with Crippen LogP contribution in [0.1, 0.15) is 38.1 Å². The standard InChI is InChI=1S/C27H24N4O6/c1-35-27(34)24-23(30-26(33)17-6-3-2-4-7-17)22-12-18(28-14-19-9-10-21(16-32)37-19)13-29-25(22)31(24)15-20-8-5-11-36-20/h2-13,28,32H,14-16H2,1H3,(H,30,33). The summed E-state index contributed by atoms with van der Waals surface area (Å²) < 4.78 is 17.8. The van der Waals surface area contributed by atoms with Crippen LogP contribution < -0.4 is 10.6 Å². The summed E-state index contributed by atoms with van der Waals surface area (Å²) in [5.74, 6) is 0.689. The van der Waals surface area contributed by atoms with E-state index in [0.717, 1.165) is 0 Å². The number of nitrogens with zero attached hydrogens (tertiary/aromatic N) is 2. The molecule has 0 aliphatic carbocycles. The number of hydrogen-bond donors (Lipinski definition) is 3. The number of hydrogen-bond acceptors (Lipinski definition) is 8. The first-order chi connectivity index (χ1) is 18.1. The average molecular weight is 501 g/mol. The molecule has 3 N–H and O–H groups in total. The minimum atomic E-state index is -0.630. The number of rotatable bonds is 9. The number of methoxy groups -OCH3 is 1. The number of pyridine rings is 1. The minimum absolute atomic E-state index is 0.140. The van der Waals surface area contributed by atoms with Gasteiger partial charge in [0.15, 0.2) is 5.69 Å². The molecule has 10 nitrogen and oxygen atoms in total. The van der Waals surface area contributed by atoms with Crippen molar-refractivity contribution in [2.45, 2.75) is 19.7 Å². The second-order valence-electron chi connectivity index (χ2n) is 8.18. The van der Waals surface area contributed by atoms with Gasteiger partial charge >= 0.3 is 5.97 Å². The number of aromatic nitrogens is 2. The molecule has 0 radical (unpaired) electrons. The molecule has 0 saturated carbocycles. The molecule has 5 rings (SSSR count). The summed E-state index contributed by atoms with van der Waals surface area (Å²) in [5, 5.41) is 15.9. The normalized spacial score (nSPS) is 11.0. The Morgan fingerprint density at radius 3 is 2.57 bits per heavy atom. The van der Waals surface area contributed by atoms with Crippen LogP contribution >= 0.6 is 0 Å². The van der Waals surface area contributed by atoms with Gasteiger partial charge in [0.2, 0.25) is 0 Å². The fourth-order valence-electron chi connectivity index (χ4n) is 4.04. The van der Waals surface area contributed by atoms with Gasteiger partial charge in [-0.2, -0.15) is 0 Å². The Labute approximate surface area is 211 Å². The third-order valence-electron chi connectivity index (χ3n) is 5.79. The van der Waals surface area contributed by atoms with Crippen LogP contribution in [0.3, 0.4) is 0 Å². The van der Waals surface area contributed by atoms with E-state index in [1.54, 1.807) is 71.6 Å². The van der Waals surface area contributed by atoms with Crippen LogP contribution in [0.25, 0.3) is 11.0 Å². The number of carbonyl (C=O) groups excluding carboxylic acids is 2. The van der Waals surface area contributed by atoms with Crippen molar-refractivity contribution in [2.75, 3.05) is 17.7 Å². The number of amides is 1. The van der Waals surface area contributed by atoms with Crippen molar-refractivity contribution in [3.63, 3.8) is 0 Å². The van der Waals surface area contributed by atoms with E-state index in [1.807, 2.05) is 6.07 Å². The van der Waals surface area contributed by atoms with Gasteiger partial charge in [-0.3, -0.25) is 4.79 Å². The van der Waals surface area contributed by atoms with Crippen molar-refractivity contribution in [1.82, 2.24) is 9.55 Å². The number of nitrogens with one attached hydrogen (secondary N) is 2. The lowest BCUT2D eigenvalue weighted by Gasteiger charge is -2.10. The van der Waals surface area contributed by atoms with E-state index in [4.69, 9.17) is 13.6 Å². The summed E-state index contributed by atoms with van der Waals surface area (Å²) in [7, 11) is 1.28. The van der Waals surface area contributed by atoms with E-state index < -0.39 is 5.97 Å². The van der Waals surface area contributed by atoms with Crippen molar-refractivity contribution < 1.29 is 28.3 Å². The lowest BCUT2D eigenvalue weighted by molar-refractivity contribution is 0.0590. The summed E-state index contributed by atoms with van der Waals surface area (Å²) in [6, 6.07) is 17.5. The number of carbonyl (C=O) groups is 2. The Bertz CT molecular complexity index is 1540. The van der Waals surface area contributed by atoms with Crippen molar-refractivity contribution in [3.8, 4) is 0 Å². The van der Waals surface area contributed by atoms with E-state index in [9.17, 15) is 14.7 Å². The molecule has 4 aromatic heterocycles. The van der Waals surface area contributed by atoms with E-state index >= 15 is 0 Å². The van der Waals surface area contributed by atoms with Crippen LogP contribution in [0.2, 0.25) is 0 Å². The highest BCUT2D eigenvalue weighted by atomic mass is 16.5. The highest BCUT2D eigenvalue weighted by Crippen LogP contribution is 2.34. The first-order valence-corrected chi connectivity index (χ1v) is 11.5. The zero-order valence-corrected chi connectivity index (χ0v) is 19.9. The monoisotopic (exact) mass is 500 g/mol. The molecular weight excluding hydrogens is 476 g/mol. The van der Waals surface area contributed by atoms with Gasteiger partial charge in [0, 0.05) is 10.9 Å². The second kappa shape index (κ2) is 10.4. The molecule has 0 spiro atoms. The quantitative estimate of drug-likeness (QED) is 0.254. The SMILES string of the molecule is COC(=O)c1c(NC(=O)c2ccccc2)c2cc(NCc3ccc(CO)o3)cnc2n1Cc1ccco1. The summed E-state index contributed by atoms with van der Waals surface area (Å²) in [4.78, 5) is 30.7. The minimum Gasteiger partial charge on any atom is -0.467 e. The number of aliphatic hydroxyl groups excluding tert-OH is 1. The molecule has 10 heteroatoms. The van der Waals surface area contributed by atoms with Crippen LogP contribution in [0.4, 0.5) is 11.4 Å². The molecule has 1 aromatic carbocycles. The molecule has 0 bridgehead atoms. The van der Waals surface area contributed by atoms with Crippen LogP contribution in [-0.4, -0.2) is 33.6 Å². The Morgan fingerprint density at radius 2 is 1.86 bits per heavy atom. The largest absolute Gasteiger partial charge is 0.467 e. The van der Waals surface area contributed by atoms with Gasteiger partial charge < -0.3 is 33.9 Å². The first-order valence-electron chi connectivity index (χ1n) is 11.5. The molecule has 5 aromatic rings. The number of furan rings is 2. The number of esters is 1. The molecule has 0 unspecified atom stereocenters. The summed E-state index contributed by atoms with van der Waals surface area (Å²) in [6.07, 6.45) is 3.17. The van der Waals surface area contributed by atoms with Gasteiger partial charge in [0.25, 0.3) is 5.91 Å². The molecule has 0 fully saturated rings. The number of ether oxygens (including phenoxy) is 1. The summed E-state index contributed by atoms with van der Waals surface area (Å²) in [6.45, 7) is 0.360. The molecule has 4 heterocycles. The fourth-order valence-corrected chi connectivity index (χ4v) is 4.04. The zero-order chi connectivity index (χ0) is 25.8. The van der Waals surface area contributed by atoms with Crippen LogP contribution in [-0.2, 0) is 24.4 Å². The molecule has 0 atom stereocenters. The smallest absolute Gasteiger partial charge is 0.356 e. The Balaban J connectivity index is 1.58. The van der Waals surface area contributed by atoms with E-state index in [2.05, 4.69) is 15.6 Å². The van der Waals surface area contributed by atoms with Crippen molar-refractivity contribution in [1.29, 1.82) is 0 Å². The van der Waals surface area contributed by atoms with Gasteiger partial charge in [-0.1, -0.05) is 18.2 Å². The Morgan fingerprint density at radius 1 is 1.05 bits per heavy atom. The molecule has 1 amide bonds. The fraction of sp³-hybridized carbons (Fsp3) is 0.148. The molecule has 0 aliphatic rings. The van der Waals surface area contributed by atoms with Crippen LogP contribution in [0.15, 0.2) is 82.0 Å². The number of fused-ring (bicyclic) bond motifs is 1. The Hall–Kier alpha value is -4.83. The predicted octanol–water partition coefficient (Wildman–Crippen LogP) is 4.41. The zero-order valence-electron chi connectivity index (χ0n) is 19.9. The van der Waals surface area contributed by atoms with Gasteiger partial charge in [-0.05, 0) is 42.5 Å². The topological polar surface area (TPSA) is 132 Å². The first kappa shape index (κ1) is 23.9. The van der Waals surface area contributed by atoms with Crippen LogP contribution in [0.5, 0.6) is 0 Å². The predicted molar refractivity (Wildman–Crippen MR) is 135 cm³/mol. The summed E-state index contributed by atoms with van der Waals surface area (Å²) in [5.41, 5.74) is 1.95. The van der Waals surface area contributed by atoms with Gasteiger partial charge in [-0.25, -0.2) is 9.78 Å². The molecule has 37 heavy (non-hydrogen) atoms.